The number of nitrogens with two attached hydrogens (primary N) is 1. The lowest BCUT2D eigenvalue weighted by Crippen LogP contribution is -2.47. The number of piperazine rings is 1. The summed E-state index contributed by atoms with van der Waals surface area (Å²) >= 11 is 0. The molecule has 1 aliphatic rings. The molecule has 2 N–H and O–H groups in total. The molecule has 0 saturated carbocycles. The fourth-order valence-electron chi connectivity index (χ4n) is 2.64. The van der Waals surface area contributed by atoms with Crippen molar-refractivity contribution in [3.8, 4) is 0 Å². The molecule has 0 radical (unpaired) electrons. The van der Waals surface area contributed by atoms with Crippen LogP contribution in [0.2, 0.25) is 0 Å². The van der Waals surface area contributed by atoms with E-state index < -0.39 is 0 Å². The van der Waals surface area contributed by atoms with E-state index in [4.69, 9.17) is 5.73 Å². The Hall–Kier alpha value is -1.17. The molecule has 1 aliphatic heterocycles. The van der Waals surface area contributed by atoms with Gasteiger partial charge in [-0.3, -0.25) is 4.90 Å². The number of anilines is 1. The molecule has 0 bridgehead atoms. The van der Waals surface area contributed by atoms with E-state index in [2.05, 4.69) is 21.7 Å². The quantitative estimate of drug-likeness (QED) is 0.820. The molecule has 0 atom stereocenters. The second-order valence-corrected chi connectivity index (χ2v) is 5.75. The molecule has 118 valence electrons. The van der Waals surface area contributed by atoms with E-state index in [1.807, 2.05) is 12.1 Å². The number of nitrogens with zero attached hydrogens (tertiary/aromatic N) is 3. The van der Waals surface area contributed by atoms with Gasteiger partial charge >= 0.3 is 0 Å². The summed E-state index contributed by atoms with van der Waals surface area (Å²) < 4.78 is 13.1. The van der Waals surface area contributed by atoms with Crippen molar-refractivity contribution in [1.82, 2.24) is 9.80 Å². The third-order valence-electron chi connectivity index (χ3n) is 4.11. The molecule has 1 aromatic carbocycles. The molecule has 0 aromatic heterocycles. The summed E-state index contributed by atoms with van der Waals surface area (Å²) in [6, 6.07) is 6.77. The van der Waals surface area contributed by atoms with Crippen LogP contribution in [0.5, 0.6) is 0 Å². The van der Waals surface area contributed by atoms with Gasteiger partial charge in [-0.15, -0.1) is 0 Å². The Morgan fingerprint density at radius 1 is 1.10 bits per heavy atom. The first kappa shape index (κ1) is 16.2. The summed E-state index contributed by atoms with van der Waals surface area (Å²) in [5, 5.41) is 0. The van der Waals surface area contributed by atoms with Gasteiger partial charge in [-0.05, 0) is 44.3 Å². The van der Waals surface area contributed by atoms with E-state index in [0.717, 1.165) is 57.9 Å². The standard InChI is InChI=1S/C16H27FN4/c1-19-9-11-20(12-10-19)13-14-21(8-2-7-18)16-5-3-15(17)4-6-16/h3-6H,2,7-14,18H2,1H3. The molecule has 21 heavy (non-hydrogen) atoms. The number of halogens is 1. The highest BCUT2D eigenvalue weighted by Gasteiger charge is 2.15. The number of rotatable bonds is 7. The lowest BCUT2D eigenvalue weighted by atomic mass is 10.2. The van der Waals surface area contributed by atoms with Gasteiger partial charge in [0.05, 0.1) is 0 Å². The first-order valence-corrected chi connectivity index (χ1v) is 7.80. The van der Waals surface area contributed by atoms with Crippen molar-refractivity contribution in [2.75, 3.05) is 64.3 Å². The van der Waals surface area contributed by atoms with E-state index in [1.54, 1.807) is 0 Å². The monoisotopic (exact) mass is 294 g/mol. The molecule has 1 heterocycles. The Kier molecular flexibility index (Phi) is 6.42. The molecule has 0 aliphatic carbocycles. The van der Waals surface area contributed by atoms with Crippen LogP contribution in [0.4, 0.5) is 10.1 Å². The average molecular weight is 294 g/mol. The smallest absolute Gasteiger partial charge is 0.123 e. The summed E-state index contributed by atoms with van der Waals surface area (Å²) in [6.07, 6.45) is 0.958. The minimum absolute atomic E-state index is 0.184. The molecular formula is C16H27FN4. The lowest BCUT2D eigenvalue weighted by molar-refractivity contribution is 0.157. The Labute approximate surface area is 127 Å². The minimum atomic E-state index is -0.184. The molecule has 1 fully saturated rings. The van der Waals surface area contributed by atoms with Gasteiger partial charge in [0.15, 0.2) is 0 Å². The zero-order chi connectivity index (χ0) is 15.1. The van der Waals surface area contributed by atoms with Gasteiger partial charge in [-0.1, -0.05) is 0 Å². The average Bonchev–Trinajstić information content (AvgIpc) is 2.50. The molecule has 1 aromatic rings. The van der Waals surface area contributed by atoms with Gasteiger partial charge in [-0.25, -0.2) is 4.39 Å². The van der Waals surface area contributed by atoms with Gasteiger partial charge in [0.2, 0.25) is 0 Å². The van der Waals surface area contributed by atoms with Crippen molar-refractivity contribution in [3.05, 3.63) is 30.1 Å². The summed E-state index contributed by atoms with van der Waals surface area (Å²) in [4.78, 5) is 7.17. The fourth-order valence-corrected chi connectivity index (χ4v) is 2.64. The predicted molar refractivity (Wildman–Crippen MR) is 86.2 cm³/mol. The van der Waals surface area contributed by atoms with Crippen LogP contribution in [0.3, 0.4) is 0 Å². The van der Waals surface area contributed by atoms with Gasteiger partial charge in [0, 0.05) is 51.5 Å². The number of hydrogen-bond acceptors (Lipinski definition) is 4. The summed E-state index contributed by atoms with van der Waals surface area (Å²) in [5.74, 6) is -0.184. The molecule has 5 heteroatoms. The highest BCUT2D eigenvalue weighted by molar-refractivity contribution is 5.46. The van der Waals surface area contributed by atoms with E-state index in [1.165, 1.54) is 12.1 Å². The Balaban J connectivity index is 1.88. The van der Waals surface area contributed by atoms with Crippen molar-refractivity contribution in [2.45, 2.75) is 6.42 Å². The number of likely N-dealkylation sites (N-methyl/N-ethyl adjacent to an activating group) is 1. The molecular weight excluding hydrogens is 267 g/mol. The van der Waals surface area contributed by atoms with E-state index >= 15 is 0 Å². The molecule has 0 spiro atoms. The third-order valence-corrected chi connectivity index (χ3v) is 4.11. The fraction of sp³-hybridized carbons (Fsp3) is 0.625. The van der Waals surface area contributed by atoms with Crippen molar-refractivity contribution in [1.29, 1.82) is 0 Å². The maximum absolute atomic E-state index is 13.1. The normalized spacial score (nSPS) is 17.1. The highest BCUT2D eigenvalue weighted by atomic mass is 19.1. The van der Waals surface area contributed by atoms with Gasteiger partial charge in [0.25, 0.3) is 0 Å². The second kappa shape index (κ2) is 8.32. The van der Waals surface area contributed by atoms with Crippen LogP contribution >= 0.6 is 0 Å². The Morgan fingerprint density at radius 2 is 1.76 bits per heavy atom. The van der Waals surface area contributed by atoms with E-state index in [9.17, 15) is 4.39 Å². The van der Waals surface area contributed by atoms with Crippen LogP contribution in [-0.4, -0.2) is 69.2 Å². The van der Waals surface area contributed by atoms with Crippen LogP contribution in [0.1, 0.15) is 6.42 Å². The minimum Gasteiger partial charge on any atom is -0.370 e. The van der Waals surface area contributed by atoms with E-state index in [-0.39, 0.29) is 5.82 Å². The molecule has 1 saturated heterocycles. The van der Waals surface area contributed by atoms with Crippen LogP contribution in [0.25, 0.3) is 0 Å². The van der Waals surface area contributed by atoms with Crippen LogP contribution in [0, 0.1) is 5.82 Å². The zero-order valence-electron chi connectivity index (χ0n) is 13.0. The summed E-state index contributed by atoms with van der Waals surface area (Å²) in [7, 11) is 2.17. The second-order valence-electron chi connectivity index (χ2n) is 5.75. The Bertz CT molecular complexity index is 401. The summed E-state index contributed by atoms with van der Waals surface area (Å²) in [6.45, 7) is 8.17. The first-order chi connectivity index (χ1) is 10.2. The van der Waals surface area contributed by atoms with Gasteiger partial charge in [0.1, 0.15) is 5.82 Å². The maximum atomic E-state index is 13.1. The van der Waals surface area contributed by atoms with Crippen molar-refractivity contribution < 1.29 is 4.39 Å². The predicted octanol–water partition coefficient (Wildman–Crippen LogP) is 1.23. The lowest BCUT2D eigenvalue weighted by Gasteiger charge is -2.34. The molecule has 4 nitrogen and oxygen atoms in total. The molecule has 0 unspecified atom stereocenters. The number of benzene rings is 1. The van der Waals surface area contributed by atoms with Crippen molar-refractivity contribution in [3.63, 3.8) is 0 Å². The van der Waals surface area contributed by atoms with E-state index in [0.29, 0.717) is 6.54 Å². The van der Waals surface area contributed by atoms with Gasteiger partial charge in [-0.2, -0.15) is 0 Å². The zero-order valence-corrected chi connectivity index (χ0v) is 13.0. The van der Waals surface area contributed by atoms with Crippen LogP contribution < -0.4 is 10.6 Å². The Morgan fingerprint density at radius 3 is 2.38 bits per heavy atom. The van der Waals surface area contributed by atoms with Crippen molar-refractivity contribution >= 4 is 5.69 Å². The molecule has 2 rings (SSSR count). The maximum Gasteiger partial charge on any atom is 0.123 e. The molecule has 0 amide bonds. The van der Waals surface area contributed by atoms with Gasteiger partial charge < -0.3 is 15.5 Å². The van der Waals surface area contributed by atoms with Crippen molar-refractivity contribution in [2.24, 2.45) is 5.73 Å². The number of hydrogen-bond donors (Lipinski definition) is 1. The van der Waals surface area contributed by atoms with Crippen LogP contribution in [-0.2, 0) is 0 Å². The summed E-state index contributed by atoms with van der Waals surface area (Å²) in [5.41, 5.74) is 6.71. The third kappa shape index (κ3) is 5.26. The first-order valence-electron chi connectivity index (χ1n) is 7.80. The topological polar surface area (TPSA) is 35.7 Å². The largest absolute Gasteiger partial charge is 0.370 e. The van der Waals surface area contributed by atoms with Crippen LogP contribution in [0.15, 0.2) is 24.3 Å². The SMILES string of the molecule is CN1CCN(CCN(CCCN)c2ccc(F)cc2)CC1. The highest BCUT2D eigenvalue weighted by Crippen LogP contribution is 2.15.